The first-order valence-electron chi connectivity index (χ1n) is 11.0. The van der Waals surface area contributed by atoms with E-state index in [2.05, 4.69) is 65.7 Å². The minimum absolute atomic E-state index is 0. The van der Waals surface area contributed by atoms with Gasteiger partial charge in [-0.15, -0.1) is 24.0 Å². The number of piperidine rings is 1. The number of hydrogen-bond donors (Lipinski definition) is 2. The molecule has 30 heavy (non-hydrogen) atoms. The second-order valence-corrected chi connectivity index (χ2v) is 8.11. The summed E-state index contributed by atoms with van der Waals surface area (Å²) in [7, 11) is 0. The van der Waals surface area contributed by atoms with Crippen molar-refractivity contribution in [3.8, 4) is 5.69 Å². The van der Waals surface area contributed by atoms with Gasteiger partial charge in [-0.05, 0) is 76.3 Å². The molecule has 0 amide bonds. The fraction of sp³-hybridized carbons (Fsp3) is 0.565. The third-order valence-corrected chi connectivity index (χ3v) is 5.54. The van der Waals surface area contributed by atoms with Crippen molar-refractivity contribution in [2.45, 2.75) is 46.1 Å². The minimum Gasteiger partial charge on any atom is -0.357 e. The molecule has 1 unspecified atom stereocenters. The standard InChI is InChI=1S/C23H36N6.HI/c1-4-24-23(26-17-21-7-5-15-28(18-21)19(2)3)25-14-12-20-8-10-22(11-9-20)29-16-6-13-27-29;/h6,8-11,13,16,19,21H,4-5,7,12,14-15,17-18H2,1-3H3,(H2,24,25,26);1H. The maximum atomic E-state index is 4.87. The van der Waals surface area contributed by atoms with Gasteiger partial charge in [0, 0.05) is 44.6 Å². The molecule has 1 aromatic carbocycles. The van der Waals surface area contributed by atoms with E-state index in [9.17, 15) is 0 Å². The molecule has 2 heterocycles. The Morgan fingerprint density at radius 2 is 2.03 bits per heavy atom. The number of aromatic nitrogens is 2. The molecule has 166 valence electrons. The largest absolute Gasteiger partial charge is 0.357 e. The SMILES string of the molecule is CCNC(=NCC1CCCN(C(C)C)C1)NCCc1ccc(-n2cccn2)cc1.I. The number of nitrogens with zero attached hydrogens (tertiary/aromatic N) is 4. The van der Waals surface area contributed by atoms with Crippen molar-refractivity contribution in [1.82, 2.24) is 25.3 Å². The molecule has 1 saturated heterocycles. The van der Waals surface area contributed by atoms with Gasteiger partial charge in [0.1, 0.15) is 0 Å². The van der Waals surface area contributed by atoms with Crippen molar-refractivity contribution in [1.29, 1.82) is 0 Å². The molecule has 0 bridgehead atoms. The summed E-state index contributed by atoms with van der Waals surface area (Å²) < 4.78 is 1.88. The number of rotatable bonds is 8. The van der Waals surface area contributed by atoms with Gasteiger partial charge in [0.05, 0.1) is 5.69 Å². The van der Waals surface area contributed by atoms with Gasteiger partial charge >= 0.3 is 0 Å². The molecule has 0 spiro atoms. The van der Waals surface area contributed by atoms with E-state index in [0.717, 1.165) is 37.7 Å². The molecule has 1 atom stereocenters. The Labute approximate surface area is 198 Å². The summed E-state index contributed by atoms with van der Waals surface area (Å²) in [4.78, 5) is 7.45. The van der Waals surface area contributed by atoms with Crippen molar-refractivity contribution < 1.29 is 0 Å². The summed E-state index contributed by atoms with van der Waals surface area (Å²) in [6, 6.07) is 11.1. The molecule has 0 radical (unpaired) electrons. The molecular formula is C23H37IN6. The van der Waals surface area contributed by atoms with Gasteiger partial charge in [-0.25, -0.2) is 4.68 Å². The van der Waals surface area contributed by atoms with E-state index >= 15 is 0 Å². The first-order chi connectivity index (χ1) is 14.2. The van der Waals surface area contributed by atoms with E-state index in [1.54, 1.807) is 6.20 Å². The zero-order valence-corrected chi connectivity index (χ0v) is 20.9. The van der Waals surface area contributed by atoms with E-state index < -0.39 is 0 Å². The first kappa shape index (κ1) is 24.7. The van der Waals surface area contributed by atoms with Crippen LogP contribution in [0, 0.1) is 5.92 Å². The Balaban J connectivity index is 0.00000320. The van der Waals surface area contributed by atoms with Crippen LogP contribution in [0.4, 0.5) is 0 Å². The molecule has 2 N–H and O–H groups in total. The van der Waals surface area contributed by atoms with Crippen LogP contribution in [0.2, 0.25) is 0 Å². The highest BCUT2D eigenvalue weighted by Gasteiger charge is 2.21. The van der Waals surface area contributed by atoms with Crippen LogP contribution in [0.15, 0.2) is 47.7 Å². The molecule has 2 aromatic rings. The van der Waals surface area contributed by atoms with Gasteiger partial charge < -0.3 is 15.5 Å². The lowest BCUT2D eigenvalue weighted by molar-refractivity contribution is 0.143. The third-order valence-electron chi connectivity index (χ3n) is 5.54. The fourth-order valence-corrected chi connectivity index (χ4v) is 3.84. The number of nitrogens with one attached hydrogen (secondary N) is 2. The van der Waals surface area contributed by atoms with Crippen LogP contribution in [0.25, 0.3) is 5.69 Å². The van der Waals surface area contributed by atoms with E-state index in [0.29, 0.717) is 12.0 Å². The summed E-state index contributed by atoms with van der Waals surface area (Å²) in [6.07, 6.45) is 7.30. The van der Waals surface area contributed by atoms with Crippen molar-refractivity contribution in [2.24, 2.45) is 10.9 Å². The van der Waals surface area contributed by atoms with Crippen LogP contribution in [0.1, 0.15) is 39.2 Å². The Bertz CT molecular complexity index is 742. The highest BCUT2D eigenvalue weighted by molar-refractivity contribution is 14.0. The minimum atomic E-state index is 0. The number of guanidine groups is 1. The Morgan fingerprint density at radius 1 is 1.23 bits per heavy atom. The third kappa shape index (κ3) is 7.58. The Hall–Kier alpha value is -1.61. The average molecular weight is 524 g/mol. The highest BCUT2D eigenvalue weighted by atomic mass is 127. The van der Waals surface area contributed by atoms with Crippen LogP contribution in [0.3, 0.4) is 0 Å². The zero-order valence-electron chi connectivity index (χ0n) is 18.6. The summed E-state index contributed by atoms with van der Waals surface area (Å²) in [5.74, 6) is 1.60. The van der Waals surface area contributed by atoms with Crippen molar-refractivity contribution in [2.75, 3.05) is 32.7 Å². The zero-order chi connectivity index (χ0) is 20.5. The molecule has 6 nitrogen and oxygen atoms in total. The predicted molar refractivity (Wildman–Crippen MR) is 136 cm³/mol. The van der Waals surface area contributed by atoms with Gasteiger partial charge in [0.15, 0.2) is 5.96 Å². The van der Waals surface area contributed by atoms with Gasteiger partial charge in [0.25, 0.3) is 0 Å². The van der Waals surface area contributed by atoms with Gasteiger partial charge in [0.2, 0.25) is 0 Å². The summed E-state index contributed by atoms with van der Waals surface area (Å²) in [5.41, 5.74) is 2.40. The maximum absolute atomic E-state index is 4.87. The number of likely N-dealkylation sites (tertiary alicyclic amines) is 1. The lowest BCUT2D eigenvalue weighted by Gasteiger charge is -2.34. The first-order valence-corrected chi connectivity index (χ1v) is 11.0. The smallest absolute Gasteiger partial charge is 0.191 e. The molecule has 0 aliphatic carbocycles. The van der Waals surface area contributed by atoms with Gasteiger partial charge in [-0.1, -0.05) is 12.1 Å². The van der Waals surface area contributed by atoms with Crippen molar-refractivity contribution in [3.05, 3.63) is 48.3 Å². The molecule has 7 heteroatoms. The topological polar surface area (TPSA) is 57.5 Å². The van der Waals surface area contributed by atoms with Crippen LogP contribution in [-0.2, 0) is 6.42 Å². The number of halogens is 1. The molecule has 0 saturated carbocycles. The van der Waals surface area contributed by atoms with Crippen LogP contribution < -0.4 is 10.6 Å². The fourth-order valence-electron chi connectivity index (χ4n) is 3.84. The second-order valence-electron chi connectivity index (χ2n) is 8.11. The maximum Gasteiger partial charge on any atom is 0.191 e. The van der Waals surface area contributed by atoms with Crippen LogP contribution in [0.5, 0.6) is 0 Å². The summed E-state index contributed by atoms with van der Waals surface area (Å²) in [5, 5.41) is 11.1. The highest BCUT2D eigenvalue weighted by Crippen LogP contribution is 2.18. The monoisotopic (exact) mass is 524 g/mol. The van der Waals surface area contributed by atoms with Crippen LogP contribution in [-0.4, -0.2) is 59.4 Å². The lowest BCUT2D eigenvalue weighted by atomic mass is 9.97. The molecule has 1 fully saturated rings. The summed E-state index contributed by atoms with van der Waals surface area (Å²) in [6.45, 7) is 11.8. The Morgan fingerprint density at radius 3 is 2.70 bits per heavy atom. The Kier molecular flexibility index (Phi) is 10.6. The van der Waals surface area contributed by atoms with Crippen molar-refractivity contribution >= 4 is 29.9 Å². The van der Waals surface area contributed by atoms with E-state index in [1.807, 2.05) is 16.9 Å². The molecule has 1 aliphatic heterocycles. The average Bonchev–Trinajstić information content (AvgIpc) is 3.27. The lowest BCUT2D eigenvalue weighted by Crippen LogP contribution is -2.42. The van der Waals surface area contributed by atoms with E-state index in [4.69, 9.17) is 4.99 Å². The normalized spacial score (nSPS) is 17.6. The van der Waals surface area contributed by atoms with Crippen molar-refractivity contribution in [3.63, 3.8) is 0 Å². The van der Waals surface area contributed by atoms with E-state index in [1.165, 1.54) is 31.5 Å². The predicted octanol–water partition coefficient (Wildman–Crippen LogP) is 3.71. The van der Waals surface area contributed by atoms with Crippen LogP contribution >= 0.6 is 24.0 Å². The molecular weight excluding hydrogens is 487 g/mol. The number of benzene rings is 1. The molecule has 1 aromatic heterocycles. The number of hydrogen-bond acceptors (Lipinski definition) is 3. The van der Waals surface area contributed by atoms with Gasteiger partial charge in [-0.2, -0.15) is 5.10 Å². The molecule has 3 rings (SSSR count). The van der Waals surface area contributed by atoms with E-state index in [-0.39, 0.29) is 24.0 Å². The number of aliphatic imine (C=N–C) groups is 1. The van der Waals surface area contributed by atoms with Gasteiger partial charge in [-0.3, -0.25) is 4.99 Å². The quantitative estimate of drug-likeness (QED) is 0.314. The second kappa shape index (κ2) is 12.9. The summed E-state index contributed by atoms with van der Waals surface area (Å²) >= 11 is 0. The molecule has 1 aliphatic rings.